The molecule has 0 radical (unpaired) electrons. The standard InChI is InChI=1S/C12H11ClN2O3/c1-14-7-9-3-5-12(18-9)8-2-4-11(15(16)17)10(13)6-8/h2-6,14H,7H2,1H3. The molecular weight excluding hydrogens is 256 g/mol. The summed E-state index contributed by atoms with van der Waals surface area (Å²) >= 11 is 5.85. The van der Waals surface area contributed by atoms with Crippen molar-refractivity contribution in [1.82, 2.24) is 5.32 Å². The van der Waals surface area contributed by atoms with Crippen LogP contribution in [0.3, 0.4) is 0 Å². The van der Waals surface area contributed by atoms with Crippen LogP contribution in [0, 0.1) is 10.1 Å². The van der Waals surface area contributed by atoms with Gasteiger partial charge in [0.2, 0.25) is 0 Å². The molecule has 1 aromatic carbocycles. The van der Waals surface area contributed by atoms with Crippen LogP contribution < -0.4 is 5.32 Å². The monoisotopic (exact) mass is 266 g/mol. The van der Waals surface area contributed by atoms with E-state index in [9.17, 15) is 10.1 Å². The number of nitro benzene ring substituents is 1. The third-order valence-electron chi connectivity index (χ3n) is 2.44. The molecule has 5 nitrogen and oxygen atoms in total. The van der Waals surface area contributed by atoms with Gasteiger partial charge in [-0.1, -0.05) is 11.6 Å². The van der Waals surface area contributed by atoms with Crippen LogP contribution in [0.5, 0.6) is 0 Å². The highest BCUT2D eigenvalue weighted by molar-refractivity contribution is 6.32. The number of nitrogens with zero attached hydrogens (tertiary/aromatic N) is 1. The zero-order valence-electron chi connectivity index (χ0n) is 9.64. The van der Waals surface area contributed by atoms with Crippen LogP contribution in [0.1, 0.15) is 5.76 Å². The highest BCUT2D eigenvalue weighted by atomic mass is 35.5. The van der Waals surface area contributed by atoms with Crippen LogP contribution in [0.25, 0.3) is 11.3 Å². The van der Waals surface area contributed by atoms with Gasteiger partial charge in [0.25, 0.3) is 5.69 Å². The van der Waals surface area contributed by atoms with Crippen LogP contribution in [-0.4, -0.2) is 12.0 Å². The van der Waals surface area contributed by atoms with E-state index >= 15 is 0 Å². The van der Waals surface area contributed by atoms with E-state index in [1.54, 1.807) is 6.07 Å². The molecule has 0 saturated heterocycles. The summed E-state index contributed by atoms with van der Waals surface area (Å²) < 4.78 is 5.57. The first kappa shape index (κ1) is 12.6. The maximum Gasteiger partial charge on any atom is 0.287 e. The van der Waals surface area contributed by atoms with E-state index in [1.807, 2.05) is 19.2 Å². The second-order valence-corrected chi connectivity index (χ2v) is 4.13. The lowest BCUT2D eigenvalue weighted by molar-refractivity contribution is -0.384. The zero-order valence-corrected chi connectivity index (χ0v) is 10.4. The second kappa shape index (κ2) is 5.20. The van der Waals surface area contributed by atoms with E-state index in [0.717, 1.165) is 5.76 Å². The maximum atomic E-state index is 10.6. The normalized spacial score (nSPS) is 10.6. The molecule has 0 unspecified atom stereocenters. The van der Waals surface area contributed by atoms with Gasteiger partial charge in [0, 0.05) is 11.6 Å². The minimum absolute atomic E-state index is 0.101. The topological polar surface area (TPSA) is 68.3 Å². The van der Waals surface area contributed by atoms with E-state index in [-0.39, 0.29) is 10.7 Å². The molecule has 0 aliphatic heterocycles. The highest BCUT2D eigenvalue weighted by Crippen LogP contribution is 2.30. The molecule has 1 N–H and O–H groups in total. The van der Waals surface area contributed by atoms with Crippen molar-refractivity contribution in [2.24, 2.45) is 0 Å². The minimum Gasteiger partial charge on any atom is -0.460 e. The van der Waals surface area contributed by atoms with Gasteiger partial charge in [-0.25, -0.2) is 0 Å². The lowest BCUT2D eigenvalue weighted by atomic mass is 10.1. The van der Waals surface area contributed by atoms with Gasteiger partial charge in [0.1, 0.15) is 16.5 Å². The number of nitrogens with one attached hydrogen (secondary N) is 1. The fourth-order valence-electron chi connectivity index (χ4n) is 1.61. The van der Waals surface area contributed by atoms with Crippen molar-refractivity contribution in [2.45, 2.75) is 6.54 Å². The fourth-order valence-corrected chi connectivity index (χ4v) is 1.86. The lowest BCUT2D eigenvalue weighted by Gasteiger charge is -1.99. The Balaban J connectivity index is 2.33. The Bertz CT molecular complexity index is 580. The first-order valence-electron chi connectivity index (χ1n) is 5.29. The maximum absolute atomic E-state index is 10.6. The SMILES string of the molecule is CNCc1ccc(-c2ccc([N+](=O)[O-])c(Cl)c2)o1. The van der Waals surface area contributed by atoms with Crippen molar-refractivity contribution in [2.75, 3.05) is 7.05 Å². The van der Waals surface area contributed by atoms with Crippen molar-refractivity contribution < 1.29 is 9.34 Å². The Kier molecular flexibility index (Phi) is 3.64. The molecule has 2 rings (SSSR count). The van der Waals surface area contributed by atoms with Crippen molar-refractivity contribution in [1.29, 1.82) is 0 Å². The Labute approximate surface area is 109 Å². The summed E-state index contributed by atoms with van der Waals surface area (Å²) in [4.78, 5) is 10.1. The molecule has 0 saturated carbocycles. The summed E-state index contributed by atoms with van der Waals surface area (Å²) in [6, 6.07) is 8.18. The second-order valence-electron chi connectivity index (χ2n) is 3.72. The first-order valence-corrected chi connectivity index (χ1v) is 5.67. The number of benzene rings is 1. The Morgan fingerprint density at radius 3 is 2.78 bits per heavy atom. The third-order valence-corrected chi connectivity index (χ3v) is 2.74. The number of furan rings is 1. The molecule has 1 aromatic heterocycles. The van der Waals surface area contributed by atoms with E-state index in [2.05, 4.69) is 5.32 Å². The molecule has 0 atom stereocenters. The van der Waals surface area contributed by atoms with Gasteiger partial charge in [0.05, 0.1) is 11.5 Å². The number of rotatable bonds is 4. The van der Waals surface area contributed by atoms with Crippen molar-refractivity contribution in [3.8, 4) is 11.3 Å². The third kappa shape index (κ3) is 2.52. The fraction of sp³-hybridized carbons (Fsp3) is 0.167. The largest absolute Gasteiger partial charge is 0.460 e. The summed E-state index contributed by atoms with van der Waals surface area (Å²) in [5.41, 5.74) is 0.607. The van der Waals surface area contributed by atoms with Crippen molar-refractivity contribution >= 4 is 17.3 Å². The Morgan fingerprint density at radius 1 is 1.39 bits per heavy atom. The van der Waals surface area contributed by atoms with Gasteiger partial charge in [-0.2, -0.15) is 0 Å². The van der Waals surface area contributed by atoms with Crippen molar-refractivity contribution in [3.05, 3.63) is 51.2 Å². The number of nitro groups is 1. The van der Waals surface area contributed by atoms with Crippen LogP contribution in [0.2, 0.25) is 5.02 Å². The van der Waals surface area contributed by atoms with E-state index in [0.29, 0.717) is 17.9 Å². The summed E-state index contributed by atoms with van der Waals surface area (Å²) in [6.07, 6.45) is 0. The number of hydrogen-bond acceptors (Lipinski definition) is 4. The first-order chi connectivity index (χ1) is 8.61. The van der Waals surface area contributed by atoms with Crippen LogP contribution in [0.15, 0.2) is 34.7 Å². The number of hydrogen-bond donors (Lipinski definition) is 1. The van der Waals surface area contributed by atoms with Gasteiger partial charge < -0.3 is 9.73 Å². The van der Waals surface area contributed by atoms with Gasteiger partial charge in [-0.3, -0.25) is 10.1 Å². The van der Waals surface area contributed by atoms with E-state index in [1.165, 1.54) is 12.1 Å². The van der Waals surface area contributed by atoms with E-state index in [4.69, 9.17) is 16.0 Å². The molecular formula is C12H11ClN2O3. The average molecular weight is 267 g/mol. The molecule has 0 amide bonds. The molecule has 0 spiro atoms. The van der Waals surface area contributed by atoms with E-state index < -0.39 is 4.92 Å². The zero-order chi connectivity index (χ0) is 13.1. The average Bonchev–Trinajstić information content (AvgIpc) is 2.77. The van der Waals surface area contributed by atoms with Gasteiger partial charge in [-0.15, -0.1) is 0 Å². The quantitative estimate of drug-likeness (QED) is 0.681. The molecule has 0 fully saturated rings. The highest BCUT2D eigenvalue weighted by Gasteiger charge is 2.14. The van der Waals surface area contributed by atoms with Crippen molar-refractivity contribution in [3.63, 3.8) is 0 Å². The smallest absolute Gasteiger partial charge is 0.287 e. The summed E-state index contributed by atoms with van der Waals surface area (Å²) in [7, 11) is 1.82. The predicted molar refractivity (Wildman–Crippen MR) is 68.6 cm³/mol. The molecule has 18 heavy (non-hydrogen) atoms. The van der Waals surface area contributed by atoms with Crippen LogP contribution in [0.4, 0.5) is 5.69 Å². The summed E-state index contributed by atoms with van der Waals surface area (Å²) in [5.74, 6) is 1.43. The predicted octanol–water partition coefficient (Wildman–Crippen LogP) is 3.23. The molecule has 0 aliphatic rings. The van der Waals surface area contributed by atoms with Gasteiger partial charge >= 0.3 is 0 Å². The molecule has 2 aromatic rings. The Morgan fingerprint density at radius 2 is 2.17 bits per heavy atom. The van der Waals surface area contributed by atoms with Gasteiger partial charge in [0.15, 0.2) is 0 Å². The van der Waals surface area contributed by atoms with Gasteiger partial charge in [-0.05, 0) is 31.3 Å². The van der Waals surface area contributed by atoms with Crippen LogP contribution in [-0.2, 0) is 6.54 Å². The molecule has 1 heterocycles. The summed E-state index contributed by atoms with van der Waals surface area (Å²) in [6.45, 7) is 0.626. The lowest BCUT2D eigenvalue weighted by Crippen LogP contribution is -2.03. The molecule has 0 bridgehead atoms. The molecule has 94 valence electrons. The molecule has 0 aliphatic carbocycles. The van der Waals surface area contributed by atoms with Crippen LogP contribution >= 0.6 is 11.6 Å². The number of halogens is 1. The summed E-state index contributed by atoms with van der Waals surface area (Å²) in [5, 5.41) is 13.7. The minimum atomic E-state index is -0.513. The Hall–Kier alpha value is -1.85. The molecule has 6 heteroatoms.